The van der Waals surface area contributed by atoms with Crippen LogP contribution in [0.25, 0.3) is 10.9 Å². The van der Waals surface area contributed by atoms with Crippen LogP contribution >= 0.6 is 0 Å². The lowest BCUT2D eigenvalue weighted by molar-refractivity contribution is -0.133. The minimum Gasteiger partial charge on any atom is -0.497 e. The molecule has 0 radical (unpaired) electrons. The highest BCUT2D eigenvalue weighted by molar-refractivity contribution is 5.84. The zero-order valence-electron chi connectivity index (χ0n) is 14.3. The molecule has 1 fully saturated rings. The molecular formula is C19H22N4O2. The Morgan fingerprint density at radius 2 is 2.24 bits per heavy atom. The van der Waals surface area contributed by atoms with E-state index in [1.807, 2.05) is 52.5 Å². The predicted molar refractivity (Wildman–Crippen MR) is 95.6 cm³/mol. The van der Waals surface area contributed by atoms with Gasteiger partial charge in [-0.25, -0.2) is 4.98 Å². The SMILES string of the molecule is COc1ccc2c(ccn2CC(=O)N2CCC[C@H](n3ccnc3)C2)c1. The van der Waals surface area contributed by atoms with E-state index in [1.54, 1.807) is 13.3 Å². The first kappa shape index (κ1) is 15.7. The quantitative estimate of drug-likeness (QED) is 0.735. The molecule has 0 unspecified atom stereocenters. The first-order valence-corrected chi connectivity index (χ1v) is 8.63. The van der Waals surface area contributed by atoms with E-state index in [-0.39, 0.29) is 5.91 Å². The number of hydrogen-bond acceptors (Lipinski definition) is 3. The number of carbonyl (C=O) groups is 1. The number of nitrogens with zero attached hydrogens (tertiary/aromatic N) is 4. The number of likely N-dealkylation sites (tertiary alicyclic amines) is 1. The van der Waals surface area contributed by atoms with E-state index >= 15 is 0 Å². The standard InChI is InChI=1S/C19H22N4O2/c1-25-17-4-5-18-15(11-17)6-9-21(18)13-19(24)22-8-2-3-16(12-22)23-10-7-20-14-23/h4-7,9-11,14,16H,2-3,8,12-13H2,1H3/t16-/m0/s1. The number of carbonyl (C=O) groups excluding carboxylic acids is 1. The van der Waals surface area contributed by atoms with E-state index in [0.29, 0.717) is 12.6 Å². The molecule has 6 heteroatoms. The molecule has 0 spiro atoms. The van der Waals surface area contributed by atoms with Crippen molar-refractivity contribution in [2.24, 2.45) is 0 Å². The van der Waals surface area contributed by atoms with Crippen LogP contribution in [0.15, 0.2) is 49.2 Å². The Labute approximate surface area is 146 Å². The van der Waals surface area contributed by atoms with Gasteiger partial charge in [0.15, 0.2) is 0 Å². The highest BCUT2D eigenvalue weighted by Gasteiger charge is 2.24. The maximum absolute atomic E-state index is 12.8. The minimum absolute atomic E-state index is 0.165. The third-order valence-corrected chi connectivity index (χ3v) is 4.98. The Balaban J connectivity index is 1.48. The Morgan fingerprint density at radius 3 is 3.04 bits per heavy atom. The van der Waals surface area contributed by atoms with Crippen LogP contribution in [0.1, 0.15) is 18.9 Å². The monoisotopic (exact) mass is 338 g/mol. The summed E-state index contributed by atoms with van der Waals surface area (Å²) in [7, 11) is 1.66. The largest absolute Gasteiger partial charge is 0.497 e. The normalized spacial score (nSPS) is 17.8. The van der Waals surface area contributed by atoms with Crippen LogP contribution in [-0.2, 0) is 11.3 Å². The van der Waals surface area contributed by atoms with Crippen LogP contribution in [0, 0.1) is 0 Å². The summed E-state index contributed by atoms with van der Waals surface area (Å²) in [5.41, 5.74) is 1.05. The van der Waals surface area contributed by atoms with Crippen LogP contribution < -0.4 is 4.74 Å². The number of ether oxygens (including phenoxy) is 1. The zero-order chi connectivity index (χ0) is 17.2. The number of hydrogen-bond donors (Lipinski definition) is 0. The summed E-state index contributed by atoms with van der Waals surface area (Å²) >= 11 is 0. The number of piperidine rings is 1. The minimum atomic E-state index is 0.165. The molecular weight excluding hydrogens is 316 g/mol. The summed E-state index contributed by atoms with van der Waals surface area (Å²) in [4.78, 5) is 18.9. The summed E-state index contributed by atoms with van der Waals surface area (Å²) in [6, 6.07) is 8.28. The Morgan fingerprint density at radius 1 is 1.32 bits per heavy atom. The maximum atomic E-state index is 12.8. The van der Waals surface area contributed by atoms with Gasteiger partial charge in [-0.2, -0.15) is 0 Å². The fourth-order valence-corrected chi connectivity index (χ4v) is 3.60. The van der Waals surface area contributed by atoms with Gasteiger partial charge in [-0.3, -0.25) is 4.79 Å². The van der Waals surface area contributed by atoms with Gasteiger partial charge in [0.2, 0.25) is 5.91 Å². The van der Waals surface area contributed by atoms with Crippen molar-refractivity contribution in [2.75, 3.05) is 20.2 Å². The Bertz CT molecular complexity index is 869. The van der Waals surface area contributed by atoms with E-state index in [0.717, 1.165) is 42.6 Å². The Hall–Kier alpha value is -2.76. The van der Waals surface area contributed by atoms with Crippen LogP contribution in [0.4, 0.5) is 0 Å². The number of amides is 1. The van der Waals surface area contributed by atoms with E-state index < -0.39 is 0 Å². The van der Waals surface area contributed by atoms with Crippen molar-refractivity contribution >= 4 is 16.8 Å². The second-order valence-corrected chi connectivity index (χ2v) is 6.51. The number of aromatic nitrogens is 3. The molecule has 2 aromatic heterocycles. The lowest BCUT2D eigenvalue weighted by Gasteiger charge is -2.33. The first-order chi connectivity index (χ1) is 12.2. The smallest absolute Gasteiger partial charge is 0.242 e. The summed E-state index contributed by atoms with van der Waals surface area (Å²) < 4.78 is 9.38. The number of imidazole rings is 1. The predicted octanol–water partition coefficient (Wildman–Crippen LogP) is 2.71. The van der Waals surface area contributed by atoms with Gasteiger partial charge in [-0.15, -0.1) is 0 Å². The second-order valence-electron chi connectivity index (χ2n) is 6.51. The molecule has 0 N–H and O–H groups in total. The summed E-state index contributed by atoms with van der Waals surface area (Å²) in [5.74, 6) is 0.994. The van der Waals surface area contributed by atoms with Gasteiger partial charge >= 0.3 is 0 Å². The molecule has 130 valence electrons. The average Bonchev–Trinajstić information content (AvgIpc) is 3.32. The molecule has 6 nitrogen and oxygen atoms in total. The Kier molecular flexibility index (Phi) is 4.17. The third kappa shape index (κ3) is 3.12. The molecule has 1 aromatic carbocycles. The summed E-state index contributed by atoms with van der Waals surface area (Å²) in [5, 5.41) is 1.09. The molecule has 0 aliphatic carbocycles. The maximum Gasteiger partial charge on any atom is 0.242 e. The van der Waals surface area contributed by atoms with Gasteiger partial charge in [-0.05, 0) is 37.1 Å². The van der Waals surface area contributed by atoms with Crippen molar-refractivity contribution in [3.05, 3.63) is 49.2 Å². The van der Waals surface area contributed by atoms with Crippen LogP contribution in [0.5, 0.6) is 5.75 Å². The molecule has 0 saturated carbocycles. The van der Waals surface area contributed by atoms with Crippen LogP contribution in [0.3, 0.4) is 0 Å². The molecule has 3 heterocycles. The highest BCUT2D eigenvalue weighted by Crippen LogP contribution is 2.24. The molecule has 1 aliphatic rings. The van der Waals surface area contributed by atoms with Gasteiger partial charge in [0.1, 0.15) is 12.3 Å². The number of methoxy groups -OCH3 is 1. The molecule has 1 atom stereocenters. The van der Waals surface area contributed by atoms with Crippen molar-refractivity contribution in [2.45, 2.75) is 25.4 Å². The molecule has 1 amide bonds. The van der Waals surface area contributed by atoms with E-state index in [9.17, 15) is 4.79 Å². The number of rotatable bonds is 4. The second kappa shape index (κ2) is 6.63. The van der Waals surface area contributed by atoms with Crippen molar-refractivity contribution in [3.63, 3.8) is 0 Å². The first-order valence-electron chi connectivity index (χ1n) is 8.63. The van der Waals surface area contributed by atoms with E-state index in [2.05, 4.69) is 9.55 Å². The van der Waals surface area contributed by atoms with Crippen molar-refractivity contribution in [1.29, 1.82) is 0 Å². The van der Waals surface area contributed by atoms with Crippen molar-refractivity contribution < 1.29 is 9.53 Å². The van der Waals surface area contributed by atoms with Gasteiger partial charge < -0.3 is 18.8 Å². The summed E-state index contributed by atoms with van der Waals surface area (Å²) in [6.07, 6.45) is 9.70. The van der Waals surface area contributed by atoms with Gasteiger partial charge in [0.25, 0.3) is 0 Å². The molecule has 0 bridgehead atoms. The van der Waals surface area contributed by atoms with Gasteiger partial charge in [0, 0.05) is 42.6 Å². The molecule has 3 aromatic rings. The lowest BCUT2D eigenvalue weighted by atomic mass is 10.1. The van der Waals surface area contributed by atoms with Gasteiger partial charge in [0.05, 0.1) is 19.5 Å². The zero-order valence-corrected chi connectivity index (χ0v) is 14.3. The highest BCUT2D eigenvalue weighted by atomic mass is 16.5. The molecule has 25 heavy (non-hydrogen) atoms. The lowest BCUT2D eigenvalue weighted by Crippen LogP contribution is -2.42. The third-order valence-electron chi connectivity index (χ3n) is 4.98. The van der Waals surface area contributed by atoms with E-state index in [1.165, 1.54) is 0 Å². The number of fused-ring (bicyclic) bond motifs is 1. The van der Waals surface area contributed by atoms with Crippen molar-refractivity contribution in [3.8, 4) is 5.75 Å². The topological polar surface area (TPSA) is 52.3 Å². The van der Waals surface area contributed by atoms with Crippen LogP contribution in [0.2, 0.25) is 0 Å². The molecule has 4 rings (SSSR count). The van der Waals surface area contributed by atoms with Crippen LogP contribution in [-0.4, -0.2) is 45.1 Å². The van der Waals surface area contributed by atoms with Gasteiger partial charge in [-0.1, -0.05) is 0 Å². The van der Waals surface area contributed by atoms with Crippen molar-refractivity contribution in [1.82, 2.24) is 19.0 Å². The molecule has 1 saturated heterocycles. The fourth-order valence-electron chi connectivity index (χ4n) is 3.60. The average molecular weight is 338 g/mol. The van der Waals surface area contributed by atoms with E-state index in [4.69, 9.17) is 4.74 Å². The number of benzene rings is 1. The fraction of sp³-hybridized carbons (Fsp3) is 0.368. The molecule has 1 aliphatic heterocycles. The summed E-state index contributed by atoms with van der Waals surface area (Å²) in [6.45, 7) is 1.95.